The van der Waals surface area contributed by atoms with Gasteiger partial charge in [0.05, 0.1) is 10.2 Å². The van der Waals surface area contributed by atoms with Crippen molar-refractivity contribution >= 4 is 27.4 Å². The van der Waals surface area contributed by atoms with Gasteiger partial charge in [0.1, 0.15) is 17.5 Å². The first-order valence-electron chi connectivity index (χ1n) is 6.24. The van der Waals surface area contributed by atoms with E-state index in [-0.39, 0.29) is 18.2 Å². The summed E-state index contributed by atoms with van der Waals surface area (Å²) in [6, 6.07) is 12.0. The van der Waals surface area contributed by atoms with Crippen LogP contribution in [0.25, 0.3) is 10.2 Å². The van der Waals surface area contributed by atoms with Gasteiger partial charge in [0, 0.05) is 5.56 Å². The number of thiazole rings is 1. The van der Waals surface area contributed by atoms with E-state index in [9.17, 15) is 4.39 Å². The summed E-state index contributed by atoms with van der Waals surface area (Å²) < 4.78 is 20.3. The Morgan fingerprint density at radius 2 is 2.10 bits per heavy atom. The van der Waals surface area contributed by atoms with E-state index < -0.39 is 5.82 Å². The molecule has 3 N–H and O–H groups in total. The van der Waals surface area contributed by atoms with Crippen molar-refractivity contribution in [1.82, 2.24) is 4.98 Å². The minimum Gasteiger partial charge on any atom is -0.483 e. The van der Waals surface area contributed by atoms with Gasteiger partial charge in [-0.2, -0.15) is 0 Å². The monoisotopic (exact) mass is 301 g/mol. The van der Waals surface area contributed by atoms with E-state index in [0.717, 1.165) is 15.2 Å². The van der Waals surface area contributed by atoms with Crippen LogP contribution in [0.4, 0.5) is 4.39 Å². The molecule has 0 aliphatic heterocycles. The van der Waals surface area contributed by atoms with Crippen LogP contribution in [0.1, 0.15) is 10.6 Å². The molecule has 0 bridgehead atoms. The highest BCUT2D eigenvalue weighted by Gasteiger charge is 2.08. The molecular formula is C15H12FN3OS. The van der Waals surface area contributed by atoms with Crippen molar-refractivity contribution in [3.8, 4) is 5.75 Å². The number of amidine groups is 1. The van der Waals surface area contributed by atoms with Gasteiger partial charge in [0.2, 0.25) is 0 Å². The summed E-state index contributed by atoms with van der Waals surface area (Å²) in [5.41, 5.74) is 6.55. The standard InChI is InChI=1S/C15H12FN3OS/c16-10-7-9(15(17)18)5-6-12(10)20-8-14-19-11-3-1-2-4-13(11)21-14/h1-7H,8H2,(H3,17,18). The van der Waals surface area contributed by atoms with Gasteiger partial charge in [0.15, 0.2) is 11.6 Å². The molecule has 1 aromatic heterocycles. The SMILES string of the molecule is N=C(N)c1ccc(OCc2nc3ccccc3s2)c(F)c1. The number of hydrogen-bond donors (Lipinski definition) is 2. The van der Waals surface area contributed by atoms with Crippen LogP contribution in [-0.2, 0) is 6.61 Å². The van der Waals surface area contributed by atoms with Gasteiger partial charge in [0.25, 0.3) is 0 Å². The summed E-state index contributed by atoms with van der Waals surface area (Å²) in [6.07, 6.45) is 0. The molecule has 0 radical (unpaired) electrons. The highest BCUT2D eigenvalue weighted by Crippen LogP contribution is 2.24. The van der Waals surface area contributed by atoms with Crippen molar-refractivity contribution in [1.29, 1.82) is 5.41 Å². The fourth-order valence-electron chi connectivity index (χ4n) is 1.91. The third-order valence-corrected chi connectivity index (χ3v) is 3.94. The number of nitrogens with one attached hydrogen (secondary N) is 1. The molecule has 2 aromatic carbocycles. The third kappa shape index (κ3) is 2.85. The Labute approximate surface area is 124 Å². The first-order chi connectivity index (χ1) is 10.1. The highest BCUT2D eigenvalue weighted by molar-refractivity contribution is 7.18. The van der Waals surface area contributed by atoms with Gasteiger partial charge >= 0.3 is 0 Å². The Bertz CT molecular complexity index is 783. The molecule has 0 saturated heterocycles. The van der Waals surface area contributed by atoms with Gasteiger partial charge in [-0.15, -0.1) is 11.3 Å². The first kappa shape index (κ1) is 13.5. The zero-order chi connectivity index (χ0) is 14.8. The normalized spacial score (nSPS) is 10.7. The average molecular weight is 301 g/mol. The summed E-state index contributed by atoms with van der Waals surface area (Å²) in [5.74, 6) is -0.588. The molecule has 106 valence electrons. The van der Waals surface area contributed by atoms with Crippen LogP contribution < -0.4 is 10.5 Å². The van der Waals surface area contributed by atoms with Crippen molar-refractivity contribution in [3.05, 3.63) is 58.9 Å². The van der Waals surface area contributed by atoms with Crippen molar-refractivity contribution in [3.63, 3.8) is 0 Å². The Hall–Kier alpha value is -2.47. The van der Waals surface area contributed by atoms with Crippen LogP contribution in [0.2, 0.25) is 0 Å². The fraction of sp³-hybridized carbons (Fsp3) is 0.0667. The molecular weight excluding hydrogens is 289 g/mol. The minimum atomic E-state index is -0.538. The zero-order valence-electron chi connectivity index (χ0n) is 11.0. The van der Waals surface area contributed by atoms with E-state index in [4.69, 9.17) is 15.9 Å². The molecule has 0 atom stereocenters. The number of hydrogen-bond acceptors (Lipinski definition) is 4. The van der Waals surface area contributed by atoms with Gasteiger partial charge < -0.3 is 10.5 Å². The second-order valence-electron chi connectivity index (χ2n) is 4.42. The molecule has 4 nitrogen and oxygen atoms in total. The molecule has 0 aliphatic carbocycles. The minimum absolute atomic E-state index is 0.124. The van der Waals surface area contributed by atoms with E-state index in [1.165, 1.54) is 23.5 Å². The van der Waals surface area contributed by atoms with E-state index >= 15 is 0 Å². The number of nitrogens with two attached hydrogens (primary N) is 1. The van der Waals surface area contributed by atoms with Gasteiger partial charge in [-0.1, -0.05) is 12.1 Å². The maximum absolute atomic E-state index is 13.8. The largest absolute Gasteiger partial charge is 0.483 e. The molecule has 0 unspecified atom stereocenters. The second kappa shape index (κ2) is 5.49. The molecule has 3 aromatic rings. The molecule has 21 heavy (non-hydrogen) atoms. The Morgan fingerprint density at radius 3 is 2.81 bits per heavy atom. The lowest BCUT2D eigenvalue weighted by Gasteiger charge is -2.06. The van der Waals surface area contributed by atoms with E-state index in [2.05, 4.69) is 4.98 Å². The summed E-state index contributed by atoms with van der Waals surface area (Å²) in [5, 5.41) is 8.05. The quantitative estimate of drug-likeness (QED) is 0.573. The summed E-state index contributed by atoms with van der Waals surface area (Å²) in [4.78, 5) is 4.42. The number of benzene rings is 2. The molecule has 0 amide bonds. The number of fused-ring (bicyclic) bond motifs is 1. The van der Waals surface area contributed by atoms with E-state index in [0.29, 0.717) is 5.56 Å². The van der Waals surface area contributed by atoms with Gasteiger partial charge in [-0.3, -0.25) is 5.41 Å². The van der Waals surface area contributed by atoms with Crippen molar-refractivity contribution in [2.24, 2.45) is 5.73 Å². The smallest absolute Gasteiger partial charge is 0.165 e. The number of halogens is 1. The fourth-order valence-corrected chi connectivity index (χ4v) is 2.79. The maximum Gasteiger partial charge on any atom is 0.165 e. The average Bonchev–Trinajstić information content (AvgIpc) is 2.88. The van der Waals surface area contributed by atoms with Crippen molar-refractivity contribution in [2.45, 2.75) is 6.61 Å². The van der Waals surface area contributed by atoms with E-state index in [1.54, 1.807) is 6.07 Å². The number of ether oxygens (including phenoxy) is 1. The highest BCUT2D eigenvalue weighted by atomic mass is 32.1. The Morgan fingerprint density at radius 1 is 1.29 bits per heavy atom. The number of nitrogens with zero attached hydrogens (tertiary/aromatic N) is 1. The van der Waals surface area contributed by atoms with Crippen LogP contribution in [0.3, 0.4) is 0 Å². The van der Waals surface area contributed by atoms with Crippen molar-refractivity contribution < 1.29 is 9.13 Å². The maximum atomic E-state index is 13.8. The molecule has 0 saturated carbocycles. The van der Waals surface area contributed by atoms with Crippen LogP contribution in [-0.4, -0.2) is 10.8 Å². The summed E-state index contributed by atoms with van der Waals surface area (Å²) >= 11 is 1.52. The van der Waals surface area contributed by atoms with E-state index in [1.807, 2.05) is 24.3 Å². The lowest BCUT2D eigenvalue weighted by molar-refractivity contribution is 0.290. The van der Waals surface area contributed by atoms with Crippen LogP contribution in [0.5, 0.6) is 5.75 Å². The molecule has 0 aliphatic rings. The number of aromatic nitrogens is 1. The van der Waals surface area contributed by atoms with Gasteiger partial charge in [-0.25, -0.2) is 9.37 Å². The molecule has 6 heteroatoms. The van der Waals surface area contributed by atoms with Crippen LogP contribution >= 0.6 is 11.3 Å². The molecule has 1 heterocycles. The zero-order valence-corrected chi connectivity index (χ0v) is 11.8. The third-order valence-electron chi connectivity index (χ3n) is 2.93. The molecule has 0 spiro atoms. The van der Waals surface area contributed by atoms with Gasteiger partial charge in [-0.05, 0) is 30.3 Å². The molecule has 0 fully saturated rings. The lowest BCUT2D eigenvalue weighted by Crippen LogP contribution is -2.11. The second-order valence-corrected chi connectivity index (χ2v) is 5.54. The van der Waals surface area contributed by atoms with Crippen molar-refractivity contribution in [2.75, 3.05) is 0 Å². The topological polar surface area (TPSA) is 72.0 Å². The van der Waals surface area contributed by atoms with Crippen LogP contribution in [0, 0.1) is 11.2 Å². The molecule has 3 rings (SSSR count). The predicted molar refractivity (Wildman–Crippen MR) is 81.4 cm³/mol. The number of nitrogen functional groups attached to an aromatic ring is 1. The van der Waals surface area contributed by atoms with Crippen LogP contribution in [0.15, 0.2) is 42.5 Å². The Kier molecular flexibility index (Phi) is 3.53. The number of para-hydroxylation sites is 1. The summed E-state index contributed by atoms with van der Waals surface area (Å²) in [7, 11) is 0. The summed E-state index contributed by atoms with van der Waals surface area (Å²) in [6.45, 7) is 0.204. The lowest BCUT2D eigenvalue weighted by atomic mass is 10.2. The number of rotatable bonds is 4. The first-order valence-corrected chi connectivity index (χ1v) is 7.06. The predicted octanol–water partition coefficient (Wildman–Crippen LogP) is 3.30. The Balaban J connectivity index is 1.76.